The van der Waals surface area contributed by atoms with E-state index in [1.807, 2.05) is 6.07 Å². The number of nitrogens with one attached hydrogen (secondary N) is 1. The molecule has 4 heteroatoms. The van der Waals surface area contributed by atoms with Gasteiger partial charge in [0.1, 0.15) is 6.42 Å². The van der Waals surface area contributed by atoms with Gasteiger partial charge in [-0.3, -0.25) is 4.79 Å². The van der Waals surface area contributed by atoms with Crippen LogP contribution < -0.4 is 5.32 Å². The number of carbonyl (C=O) groups is 1. The van der Waals surface area contributed by atoms with Crippen molar-refractivity contribution in [3.05, 3.63) is 21.9 Å². The number of rotatable bonds is 4. The Kier molecular flexibility index (Phi) is 4.08. The van der Waals surface area contributed by atoms with Crippen LogP contribution in [-0.4, -0.2) is 12.5 Å². The van der Waals surface area contributed by atoms with Gasteiger partial charge in [0.05, 0.1) is 6.07 Å². The van der Waals surface area contributed by atoms with Crippen molar-refractivity contribution < 1.29 is 4.79 Å². The van der Waals surface area contributed by atoms with E-state index < -0.39 is 0 Å². The van der Waals surface area contributed by atoms with Crippen molar-refractivity contribution in [1.82, 2.24) is 5.32 Å². The molecule has 16 heavy (non-hydrogen) atoms. The van der Waals surface area contributed by atoms with Gasteiger partial charge in [0.15, 0.2) is 0 Å². The summed E-state index contributed by atoms with van der Waals surface area (Å²) >= 11 is 1.71. The smallest absolute Gasteiger partial charge is 0.234 e. The third-order valence-electron chi connectivity index (χ3n) is 2.44. The summed E-state index contributed by atoms with van der Waals surface area (Å²) in [7, 11) is 0. The molecule has 0 saturated carbocycles. The zero-order chi connectivity index (χ0) is 12.2. The monoisotopic (exact) mass is 236 g/mol. The molecule has 86 valence electrons. The SMILES string of the molecule is Cc1ccsc1C(C)(C)CNC(=O)CC#N. The van der Waals surface area contributed by atoms with Gasteiger partial charge in [-0.2, -0.15) is 5.26 Å². The van der Waals surface area contributed by atoms with Crippen LogP contribution in [0.25, 0.3) is 0 Å². The van der Waals surface area contributed by atoms with Crippen LogP contribution in [-0.2, 0) is 10.2 Å². The fourth-order valence-electron chi connectivity index (χ4n) is 1.60. The first kappa shape index (κ1) is 12.7. The molecule has 0 aromatic carbocycles. The summed E-state index contributed by atoms with van der Waals surface area (Å²) < 4.78 is 0. The largest absolute Gasteiger partial charge is 0.354 e. The summed E-state index contributed by atoms with van der Waals surface area (Å²) in [6.07, 6.45) is -0.0699. The molecule has 0 spiro atoms. The number of nitrogens with zero attached hydrogens (tertiary/aromatic N) is 1. The Morgan fingerprint density at radius 1 is 1.62 bits per heavy atom. The Bertz CT molecular complexity index is 415. The van der Waals surface area contributed by atoms with Crippen LogP contribution in [0, 0.1) is 18.3 Å². The van der Waals surface area contributed by atoms with E-state index in [1.165, 1.54) is 10.4 Å². The molecule has 1 N–H and O–H groups in total. The molecule has 1 aromatic rings. The summed E-state index contributed by atoms with van der Waals surface area (Å²) in [5, 5.41) is 13.2. The molecule has 0 aliphatic rings. The molecule has 0 atom stereocenters. The van der Waals surface area contributed by atoms with Crippen molar-refractivity contribution in [3.8, 4) is 6.07 Å². The number of carbonyl (C=O) groups excluding carboxylic acids is 1. The van der Waals surface area contributed by atoms with Crippen LogP contribution in [0.2, 0.25) is 0 Å². The van der Waals surface area contributed by atoms with E-state index in [9.17, 15) is 4.79 Å². The number of amides is 1. The molecule has 1 aromatic heterocycles. The Morgan fingerprint density at radius 2 is 2.31 bits per heavy atom. The van der Waals surface area contributed by atoms with Gasteiger partial charge in [0.2, 0.25) is 5.91 Å². The first-order valence-corrected chi connectivity index (χ1v) is 6.03. The van der Waals surface area contributed by atoms with Crippen LogP contribution in [0.15, 0.2) is 11.4 Å². The molecule has 0 radical (unpaired) electrons. The van der Waals surface area contributed by atoms with E-state index in [4.69, 9.17) is 5.26 Å². The average Bonchev–Trinajstić information content (AvgIpc) is 2.63. The predicted molar refractivity (Wildman–Crippen MR) is 65.3 cm³/mol. The van der Waals surface area contributed by atoms with Crippen molar-refractivity contribution >= 4 is 17.2 Å². The molecule has 0 aliphatic heterocycles. The minimum Gasteiger partial charge on any atom is -0.354 e. The van der Waals surface area contributed by atoms with E-state index >= 15 is 0 Å². The van der Waals surface area contributed by atoms with Crippen molar-refractivity contribution in [3.63, 3.8) is 0 Å². The molecule has 0 aliphatic carbocycles. The third kappa shape index (κ3) is 3.07. The quantitative estimate of drug-likeness (QED) is 0.872. The van der Waals surface area contributed by atoms with E-state index in [2.05, 4.69) is 37.5 Å². The van der Waals surface area contributed by atoms with Crippen molar-refractivity contribution in [2.75, 3.05) is 6.54 Å². The van der Waals surface area contributed by atoms with Gasteiger partial charge >= 0.3 is 0 Å². The lowest BCUT2D eigenvalue weighted by molar-refractivity contribution is -0.120. The number of hydrogen-bond acceptors (Lipinski definition) is 3. The minimum absolute atomic E-state index is 0.0699. The highest BCUT2D eigenvalue weighted by Crippen LogP contribution is 2.30. The standard InChI is InChI=1S/C12H16N2OS/c1-9-5-7-16-11(9)12(2,3)8-14-10(15)4-6-13/h5,7H,4,8H2,1-3H3,(H,14,15). The Labute approximate surface area is 100 Å². The number of aryl methyl sites for hydroxylation is 1. The number of hydrogen-bond donors (Lipinski definition) is 1. The van der Waals surface area contributed by atoms with Gasteiger partial charge in [0.25, 0.3) is 0 Å². The lowest BCUT2D eigenvalue weighted by atomic mass is 9.89. The maximum absolute atomic E-state index is 11.2. The summed E-state index contributed by atoms with van der Waals surface area (Å²) in [5.41, 5.74) is 1.17. The minimum atomic E-state index is -0.204. The molecule has 3 nitrogen and oxygen atoms in total. The summed E-state index contributed by atoms with van der Waals surface area (Å²) in [5.74, 6) is -0.204. The molecule has 0 fully saturated rings. The van der Waals surface area contributed by atoms with Crippen LogP contribution >= 0.6 is 11.3 Å². The molecule has 0 bridgehead atoms. The molecule has 0 unspecified atom stereocenters. The molecular formula is C12H16N2OS. The lowest BCUT2D eigenvalue weighted by Gasteiger charge is -2.24. The van der Waals surface area contributed by atoms with Gasteiger partial charge in [0, 0.05) is 16.8 Å². The highest BCUT2D eigenvalue weighted by atomic mass is 32.1. The first-order valence-electron chi connectivity index (χ1n) is 5.15. The van der Waals surface area contributed by atoms with Gasteiger partial charge in [-0.25, -0.2) is 0 Å². The zero-order valence-corrected chi connectivity index (χ0v) is 10.6. The van der Waals surface area contributed by atoms with E-state index in [-0.39, 0.29) is 17.7 Å². The fraction of sp³-hybridized carbons (Fsp3) is 0.500. The van der Waals surface area contributed by atoms with Gasteiger partial charge in [-0.1, -0.05) is 13.8 Å². The van der Waals surface area contributed by atoms with E-state index in [0.717, 1.165) is 0 Å². The Balaban J connectivity index is 2.63. The second-order valence-corrected chi connectivity index (χ2v) is 5.34. The average molecular weight is 236 g/mol. The van der Waals surface area contributed by atoms with Gasteiger partial charge in [-0.05, 0) is 23.9 Å². The van der Waals surface area contributed by atoms with Crippen LogP contribution in [0.4, 0.5) is 0 Å². The molecule has 0 saturated heterocycles. The number of nitriles is 1. The highest BCUT2D eigenvalue weighted by molar-refractivity contribution is 7.10. The molecule has 1 heterocycles. The van der Waals surface area contributed by atoms with Crippen LogP contribution in [0.5, 0.6) is 0 Å². The third-order valence-corrected chi connectivity index (χ3v) is 3.83. The Hall–Kier alpha value is -1.34. The summed E-state index contributed by atoms with van der Waals surface area (Å²) in [6, 6.07) is 3.92. The maximum Gasteiger partial charge on any atom is 0.234 e. The summed E-state index contributed by atoms with van der Waals surface area (Å²) in [4.78, 5) is 12.5. The lowest BCUT2D eigenvalue weighted by Crippen LogP contribution is -2.36. The van der Waals surface area contributed by atoms with Crippen molar-refractivity contribution in [2.24, 2.45) is 0 Å². The predicted octanol–water partition coefficient (Wildman–Crippen LogP) is 2.36. The second-order valence-electron chi connectivity index (χ2n) is 4.43. The molecule has 1 rings (SSSR count). The van der Waals surface area contributed by atoms with Crippen LogP contribution in [0.1, 0.15) is 30.7 Å². The van der Waals surface area contributed by atoms with Gasteiger partial charge in [-0.15, -0.1) is 11.3 Å². The van der Waals surface area contributed by atoms with Crippen molar-refractivity contribution in [2.45, 2.75) is 32.6 Å². The zero-order valence-electron chi connectivity index (χ0n) is 9.83. The van der Waals surface area contributed by atoms with Crippen molar-refractivity contribution in [1.29, 1.82) is 5.26 Å². The van der Waals surface area contributed by atoms with Gasteiger partial charge < -0.3 is 5.32 Å². The first-order chi connectivity index (χ1) is 7.47. The van der Waals surface area contributed by atoms with Crippen LogP contribution in [0.3, 0.4) is 0 Å². The topological polar surface area (TPSA) is 52.9 Å². The normalized spacial score (nSPS) is 10.9. The molecular weight excluding hydrogens is 220 g/mol. The fourth-order valence-corrected chi connectivity index (χ4v) is 2.65. The summed E-state index contributed by atoms with van der Waals surface area (Å²) in [6.45, 7) is 6.83. The molecule has 1 amide bonds. The highest BCUT2D eigenvalue weighted by Gasteiger charge is 2.24. The maximum atomic E-state index is 11.2. The second kappa shape index (κ2) is 5.13. The number of thiophene rings is 1. The van der Waals surface area contributed by atoms with E-state index in [0.29, 0.717) is 6.54 Å². The van der Waals surface area contributed by atoms with E-state index in [1.54, 1.807) is 11.3 Å². The Morgan fingerprint density at radius 3 is 2.81 bits per heavy atom.